The monoisotopic (exact) mass is 444 g/mol. The summed E-state index contributed by atoms with van der Waals surface area (Å²) in [6.45, 7) is 3.87. The van der Waals surface area contributed by atoms with E-state index in [9.17, 15) is 17.6 Å². The number of alkyl halides is 3. The van der Waals surface area contributed by atoms with Crippen molar-refractivity contribution in [3.63, 3.8) is 0 Å². The molecule has 7 heteroatoms. The van der Waals surface area contributed by atoms with E-state index in [2.05, 4.69) is 5.10 Å². The molecule has 1 aliphatic rings. The lowest BCUT2D eigenvalue weighted by Crippen LogP contribution is -2.35. The van der Waals surface area contributed by atoms with Gasteiger partial charge in [-0.05, 0) is 61.2 Å². The van der Waals surface area contributed by atoms with E-state index in [0.29, 0.717) is 23.6 Å². The molecule has 0 radical (unpaired) electrons. The summed E-state index contributed by atoms with van der Waals surface area (Å²) in [5.41, 5.74) is 0.636. The molecule has 1 aromatic heterocycles. The number of fused-ring (bicyclic) bond motifs is 1. The van der Waals surface area contributed by atoms with E-state index in [-0.39, 0.29) is 12.8 Å². The molecule has 0 fully saturated rings. The molecule has 2 aromatic carbocycles. The van der Waals surface area contributed by atoms with Crippen LogP contribution in [0.15, 0.2) is 66.4 Å². The average molecular weight is 444 g/mol. The number of hydrogen-bond donors (Lipinski definition) is 0. The fourth-order valence-corrected chi connectivity index (χ4v) is 4.45. The Labute approximate surface area is 184 Å². The summed E-state index contributed by atoms with van der Waals surface area (Å²) in [5.74, 6) is -0.420. The first-order valence-electron chi connectivity index (χ1n) is 10.5. The third-order valence-electron chi connectivity index (χ3n) is 5.95. The molecule has 1 unspecified atom stereocenters. The van der Waals surface area contributed by atoms with Gasteiger partial charge in [0, 0.05) is 17.6 Å². The standard InChI is InChI=1S/C25H24F4N2O/c1-3-32-22(17-7-5-4-6-8-17)15-24(2)14-18-16-30-31(20-11-9-19(26)10-12-20)21(18)13-23(24)25(27,28)29/h4-13,16,22H,3,14-15H2,1-2H3/t22?,24-/m1/s1. The topological polar surface area (TPSA) is 27.1 Å². The van der Waals surface area contributed by atoms with Crippen molar-refractivity contribution < 1.29 is 22.3 Å². The number of rotatable bonds is 6. The molecule has 0 saturated carbocycles. The maximum atomic E-state index is 14.3. The molecule has 0 amide bonds. The van der Waals surface area contributed by atoms with Crippen molar-refractivity contribution in [2.45, 2.75) is 39.0 Å². The highest BCUT2D eigenvalue weighted by Crippen LogP contribution is 2.51. The van der Waals surface area contributed by atoms with Crippen molar-refractivity contribution in [2.75, 3.05) is 6.61 Å². The summed E-state index contributed by atoms with van der Waals surface area (Å²) in [5, 5.41) is 4.30. The van der Waals surface area contributed by atoms with E-state index < -0.39 is 29.1 Å². The van der Waals surface area contributed by atoms with Crippen LogP contribution >= 0.6 is 0 Å². The van der Waals surface area contributed by atoms with Gasteiger partial charge in [-0.3, -0.25) is 0 Å². The maximum absolute atomic E-state index is 14.3. The van der Waals surface area contributed by atoms with Gasteiger partial charge in [-0.2, -0.15) is 18.3 Å². The van der Waals surface area contributed by atoms with Crippen LogP contribution in [0.3, 0.4) is 0 Å². The van der Waals surface area contributed by atoms with Gasteiger partial charge in [-0.1, -0.05) is 37.3 Å². The minimum absolute atomic E-state index is 0.172. The van der Waals surface area contributed by atoms with Crippen molar-refractivity contribution in [1.29, 1.82) is 0 Å². The number of hydrogen-bond acceptors (Lipinski definition) is 2. The van der Waals surface area contributed by atoms with Crippen LogP contribution in [0.1, 0.15) is 43.2 Å². The minimum Gasteiger partial charge on any atom is -0.374 e. The molecule has 1 aliphatic carbocycles. The van der Waals surface area contributed by atoms with E-state index in [4.69, 9.17) is 4.74 Å². The molecule has 2 atom stereocenters. The van der Waals surface area contributed by atoms with E-state index in [1.165, 1.54) is 35.0 Å². The molecule has 3 aromatic rings. The zero-order chi connectivity index (χ0) is 22.9. The second-order valence-corrected chi connectivity index (χ2v) is 8.30. The molecule has 0 N–H and O–H groups in total. The predicted molar refractivity (Wildman–Crippen MR) is 115 cm³/mol. The molecule has 32 heavy (non-hydrogen) atoms. The average Bonchev–Trinajstić information content (AvgIpc) is 3.15. The van der Waals surface area contributed by atoms with Gasteiger partial charge in [0.2, 0.25) is 0 Å². The van der Waals surface area contributed by atoms with Crippen molar-refractivity contribution in [1.82, 2.24) is 9.78 Å². The zero-order valence-electron chi connectivity index (χ0n) is 17.9. The first-order valence-corrected chi connectivity index (χ1v) is 10.5. The van der Waals surface area contributed by atoms with Crippen LogP contribution in [0, 0.1) is 11.2 Å². The van der Waals surface area contributed by atoms with Crippen molar-refractivity contribution in [2.24, 2.45) is 5.41 Å². The van der Waals surface area contributed by atoms with Gasteiger partial charge in [-0.25, -0.2) is 9.07 Å². The van der Waals surface area contributed by atoms with Crippen molar-refractivity contribution >= 4 is 6.08 Å². The SMILES string of the molecule is CCOC(C[C@@]1(C)Cc2cnn(-c3ccc(F)cc3)c2C=C1C(F)(F)F)c1ccccc1. The highest BCUT2D eigenvalue weighted by atomic mass is 19.4. The molecule has 0 aliphatic heterocycles. The number of allylic oxidation sites excluding steroid dienone is 1. The quantitative estimate of drug-likeness (QED) is 0.396. The van der Waals surface area contributed by atoms with Gasteiger partial charge >= 0.3 is 6.18 Å². The van der Waals surface area contributed by atoms with Crippen LogP contribution < -0.4 is 0 Å². The molecule has 0 bridgehead atoms. The molecular weight excluding hydrogens is 420 g/mol. The molecule has 0 saturated heterocycles. The highest BCUT2D eigenvalue weighted by Gasteiger charge is 2.49. The molecule has 168 valence electrons. The fourth-order valence-electron chi connectivity index (χ4n) is 4.45. The third kappa shape index (κ3) is 4.35. The summed E-state index contributed by atoms with van der Waals surface area (Å²) in [7, 11) is 0. The Bertz CT molecular complexity index is 1100. The second-order valence-electron chi connectivity index (χ2n) is 8.30. The predicted octanol–water partition coefficient (Wildman–Crippen LogP) is 6.69. The number of aromatic nitrogens is 2. The summed E-state index contributed by atoms with van der Waals surface area (Å²) in [6, 6.07) is 14.9. The minimum atomic E-state index is -4.52. The van der Waals surface area contributed by atoms with Crippen LogP contribution in [0.25, 0.3) is 11.8 Å². The lowest BCUT2D eigenvalue weighted by Gasteiger charge is -2.39. The van der Waals surface area contributed by atoms with Crippen molar-refractivity contribution in [3.8, 4) is 5.69 Å². The first kappa shape index (κ1) is 22.3. The highest BCUT2D eigenvalue weighted by molar-refractivity contribution is 5.62. The van der Waals surface area contributed by atoms with Crippen molar-refractivity contribution in [3.05, 3.63) is 89.0 Å². The lowest BCUT2D eigenvalue weighted by molar-refractivity contribution is -0.109. The van der Waals surface area contributed by atoms with E-state index in [1.807, 2.05) is 37.3 Å². The zero-order valence-corrected chi connectivity index (χ0v) is 17.9. The van der Waals surface area contributed by atoms with E-state index in [0.717, 1.165) is 5.56 Å². The molecule has 0 spiro atoms. The fraction of sp³-hybridized carbons (Fsp3) is 0.320. The van der Waals surface area contributed by atoms with Gasteiger partial charge in [0.05, 0.1) is 23.7 Å². The third-order valence-corrected chi connectivity index (χ3v) is 5.95. The summed E-state index contributed by atoms with van der Waals surface area (Å²) in [4.78, 5) is 0. The first-order chi connectivity index (χ1) is 15.2. The van der Waals surface area contributed by atoms with Crippen LogP contribution in [0.2, 0.25) is 0 Å². The number of benzene rings is 2. The Kier molecular flexibility index (Phi) is 5.95. The Balaban J connectivity index is 1.75. The van der Waals surface area contributed by atoms with Crippen LogP contribution in [0.4, 0.5) is 17.6 Å². The summed E-state index contributed by atoms with van der Waals surface area (Å²) in [6.07, 6.45) is -1.85. The smallest absolute Gasteiger partial charge is 0.374 e. The number of nitrogens with zero attached hydrogens (tertiary/aromatic N) is 2. The maximum Gasteiger partial charge on any atom is 0.413 e. The van der Waals surface area contributed by atoms with Gasteiger partial charge in [-0.15, -0.1) is 0 Å². The van der Waals surface area contributed by atoms with Crippen LogP contribution in [-0.4, -0.2) is 22.6 Å². The lowest BCUT2D eigenvalue weighted by atomic mass is 9.69. The number of halogens is 4. The summed E-state index contributed by atoms with van der Waals surface area (Å²) >= 11 is 0. The Morgan fingerprint density at radius 2 is 1.78 bits per heavy atom. The van der Waals surface area contributed by atoms with Crippen LogP contribution in [-0.2, 0) is 11.2 Å². The van der Waals surface area contributed by atoms with Crippen LogP contribution in [0.5, 0.6) is 0 Å². The molecule has 3 nitrogen and oxygen atoms in total. The largest absolute Gasteiger partial charge is 0.413 e. The molecular formula is C25H24F4N2O. The Hall–Kier alpha value is -2.93. The summed E-state index contributed by atoms with van der Waals surface area (Å²) < 4.78 is 63.4. The molecule has 1 heterocycles. The van der Waals surface area contributed by atoms with Gasteiger partial charge in [0.25, 0.3) is 0 Å². The normalized spacial score (nSPS) is 19.4. The Morgan fingerprint density at radius 3 is 2.41 bits per heavy atom. The van der Waals surface area contributed by atoms with Gasteiger partial charge < -0.3 is 4.74 Å². The van der Waals surface area contributed by atoms with E-state index in [1.54, 1.807) is 13.1 Å². The number of ether oxygens (including phenoxy) is 1. The Morgan fingerprint density at radius 1 is 1.09 bits per heavy atom. The van der Waals surface area contributed by atoms with E-state index >= 15 is 0 Å². The second kappa shape index (κ2) is 8.54. The van der Waals surface area contributed by atoms with Gasteiger partial charge in [0.15, 0.2) is 0 Å². The molecule has 4 rings (SSSR count). The van der Waals surface area contributed by atoms with Gasteiger partial charge in [0.1, 0.15) is 5.82 Å².